The summed E-state index contributed by atoms with van der Waals surface area (Å²) in [6, 6.07) is 0. The van der Waals surface area contributed by atoms with Gasteiger partial charge >= 0.3 is 5.97 Å². The largest absolute Gasteiger partial charge is 0.463 e. The zero-order valence-corrected chi connectivity index (χ0v) is 11.8. The summed E-state index contributed by atoms with van der Waals surface area (Å²) in [5, 5.41) is 0. The fourth-order valence-corrected chi connectivity index (χ4v) is 1.49. The van der Waals surface area contributed by atoms with Gasteiger partial charge in [-0.2, -0.15) is 0 Å². The normalized spacial score (nSPS) is 10.9. The summed E-state index contributed by atoms with van der Waals surface area (Å²) in [6.45, 7) is 8.41. The Morgan fingerprint density at radius 3 is 2.28 bits per heavy atom. The van der Waals surface area contributed by atoms with Crippen LogP contribution in [0.2, 0.25) is 0 Å². The van der Waals surface area contributed by atoms with Crippen molar-refractivity contribution in [2.45, 2.75) is 20.8 Å². The highest BCUT2D eigenvalue weighted by Gasteiger charge is 2.11. The number of nitrogens with zero attached hydrogens (tertiary/aromatic N) is 2. The van der Waals surface area contributed by atoms with E-state index < -0.39 is 0 Å². The van der Waals surface area contributed by atoms with Crippen LogP contribution in [0.1, 0.15) is 20.8 Å². The first-order valence-corrected chi connectivity index (χ1v) is 6.34. The van der Waals surface area contributed by atoms with Gasteiger partial charge < -0.3 is 9.64 Å². The highest BCUT2D eigenvalue weighted by molar-refractivity contribution is 5.82. The maximum Gasteiger partial charge on any atom is 0.330 e. The van der Waals surface area contributed by atoms with Gasteiger partial charge in [0.15, 0.2) is 0 Å². The van der Waals surface area contributed by atoms with Crippen molar-refractivity contribution >= 4 is 11.9 Å². The molecule has 0 heterocycles. The third-order valence-electron chi connectivity index (χ3n) is 2.48. The van der Waals surface area contributed by atoms with Gasteiger partial charge in [0, 0.05) is 25.7 Å². The van der Waals surface area contributed by atoms with Crippen LogP contribution in [0.5, 0.6) is 0 Å². The van der Waals surface area contributed by atoms with Crippen LogP contribution in [-0.4, -0.2) is 61.5 Å². The van der Waals surface area contributed by atoms with Crippen LogP contribution in [0, 0.1) is 0 Å². The van der Waals surface area contributed by atoms with Crippen molar-refractivity contribution in [2.75, 3.05) is 39.8 Å². The van der Waals surface area contributed by atoms with E-state index in [0.717, 1.165) is 13.1 Å². The zero-order valence-electron chi connectivity index (χ0n) is 11.8. The van der Waals surface area contributed by atoms with Crippen molar-refractivity contribution in [1.82, 2.24) is 9.80 Å². The number of likely N-dealkylation sites (N-methyl/N-ethyl adjacent to an activating group) is 2. The highest BCUT2D eigenvalue weighted by atomic mass is 16.5. The first-order valence-electron chi connectivity index (χ1n) is 6.34. The van der Waals surface area contributed by atoms with E-state index in [0.29, 0.717) is 19.7 Å². The van der Waals surface area contributed by atoms with Crippen LogP contribution in [-0.2, 0) is 14.3 Å². The van der Waals surface area contributed by atoms with Gasteiger partial charge in [-0.25, -0.2) is 4.79 Å². The molecule has 0 aliphatic heterocycles. The molecule has 104 valence electrons. The van der Waals surface area contributed by atoms with Crippen LogP contribution in [0.3, 0.4) is 0 Å². The fraction of sp³-hybridized carbons (Fsp3) is 0.692. The number of esters is 1. The number of hydrogen-bond acceptors (Lipinski definition) is 4. The van der Waals surface area contributed by atoms with E-state index in [9.17, 15) is 9.59 Å². The lowest BCUT2D eigenvalue weighted by atomic mass is 10.4. The molecule has 0 aliphatic carbocycles. The Kier molecular flexibility index (Phi) is 8.92. The quantitative estimate of drug-likeness (QED) is 0.478. The van der Waals surface area contributed by atoms with Gasteiger partial charge in [0.1, 0.15) is 0 Å². The lowest BCUT2D eigenvalue weighted by Crippen LogP contribution is -2.38. The van der Waals surface area contributed by atoms with Gasteiger partial charge in [0.05, 0.1) is 13.2 Å². The molecule has 0 atom stereocenters. The first kappa shape index (κ1) is 16.6. The SMILES string of the molecule is CCOC(=O)/C=C/CN(C)CC(=O)N(CC)CC. The second-order valence-corrected chi connectivity index (χ2v) is 3.92. The third-order valence-corrected chi connectivity index (χ3v) is 2.48. The van der Waals surface area contributed by atoms with Crippen LogP contribution >= 0.6 is 0 Å². The van der Waals surface area contributed by atoms with Crippen molar-refractivity contribution in [3.8, 4) is 0 Å². The minimum absolute atomic E-state index is 0.104. The minimum atomic E-state index is -0.346. The summed E-state index contributed by atoms with van der Waals surface area (Å²) in [6.07, 6.45) is 3.09. The standard InChI is InChI=1S/C13H24N2O3/c1-5-15(6-2)12(16)11-14(4)10-8-9-13(17)18-7-3/h8-9H,5-7,10-11H2,1-4H3/b9-8+. The number of amides is 1. The minimum Gasteiger partial charge on any atom is -0.463 e. The molecule has 1 amide bonds. The van der Waals surface area contributed by atoms with E-state index in [1.54, 1.807) is 17.9 Å². The van der Waals surface area contributed by atoms with E-state index in [1.165, 1.54) is 6.08 Å². The molecule has 0 aromatic carbocycles. The monoisotopic (exact) mass is 256 g/mol. The Bertz CT molecular complexity index is 286. The molecular weight excluding hydrogens is 232 g/mol. The molecule has 0 saturated carbocycles. The Morgan fingerprint density at radius 1 is 1.17 bits per heavy atom. The number of hydrogen-bond donors (Lipinski definition) is 0. The Morgan fingerprint density at radius 2 is 1.78 bits per heavy atom. The Labute approximate surface area is 109 Å². The smallest absolute Gasteiger partial charge is 0.330 e. The van der Waals surface area contributed by atoms with E-state index in [-0.39, 0.29) is 11.9 Å². The third kappa shape index (κ3) is 7.06. The second-order valence-electron chi connectivity index (χ2n) is 3.92. The predicted molar refractivity (Wildman–Crippen MR) is 71.2 cm³/mol. The molecule has 0 N–H and O–H groups in total. The van der Waals surface area contributed by atoms with Crippen molar-refractivity contribution in [3.05, 3.63) is 12.2 Å². The maximum atomic E-state index is 11.8. The molecule has 0 radical (unpaired) electrons. The average molecular weight is 256 g/mol. The number of carbonyl (C=O) groups is 2. The first-order chi connectivity index (χ1) is 8.54. The molecule has 0 fully saturated rings. The summed E-state index contributed by atoms with van der Waals surface area (Å²) >= 11 is 0. The molecule has 0 aliphatic rings. The molecular formula is C13H24N2O3. The molecule has 0 spiro atoms. The fourth-order valence-electron chi connectivity index (χ4n) is 1.49. The van der Waals surface area contributed by atoms with E-state index in [1.807, 2.05) is 25.8 Å². The molecule has 5 nitrogen and oxygen atoms in total. The van der Waals surface area contributed by atoms with Crippen LogP contribution in [0.25, 0.3) is 0 Å². The molecule has 0 unspecified atom stereocenters. The van der Waals surface area contributed by atoms with Gasteiger partial charge in [-0.05, 0) is 27.8 Å². The predicted octanol–water partition coefficient (Wildman–Crippen LogP) is 0.906. The van der Waals surface area contributed by atoms with Crippen molar-refractivity contribution in [3.63, 3.8) is 0 Å². The number of ether oxygens (including phenoxy) is 1. The maximum absolute atomic E-state index is 11.8. The number of rotatable bonds is 8. The average Bonchev–Trinajstić information content (AvgIpc) is 2.30. The van der Waals surface area contributed by atoms with Crippen molar-refractivity contribution in [1.29, 1.82) is 0 Å². The van der Waals surface area contributed by atoms with E-state index in [2.05, 4.69) is 0 Å². The molecule has 0 saturated heterocycles. The highest BCUT2D eigenvalue weighted by Crippen LogP contribution is 1.93. The zero-order chi connectivity index (χ0) is 14.0. The molecule has 0 bridgehead atoms. The van der Waals surface area contributed by atoms with Crippen molar-refractivity contribution < 1.29 is 14.3 Å². The van der Waals surface area contributed by atoms with Crippen LogP contribution in [0.15, 0.2) is 12.2 Å². The summed E-state index contributed by atoms with van der Waals surface area (Å²) < 4.78 is 4.76. The summed E-state index contributed by atoms with van der Waals surface area (Å²) in [7, 11) is 1.84. The van der Waals surface area contributed by atoms with Gasteiger partial charge in [-0.1, -0.05) is 6.08 Å². The molecule has 0 aromatic heterocycles. The topological polar surface area (TPSA) is 49.9 Å². The summed E-state index contributed by atoms with van der Waals surface area (Å²) in [5.74, 6) is -0.243. The van der Waals surface area contributed by atoms with Crippen molar-refractivity contribution in [2.24, 2.45) is 0 Å². The molecule has 0 aromatic rings. The lowest BCUT2D eigenvalue weighted by Gasteiger charge is -2.22. The number of carbonyl (C=O) groups excluding carboxylic acids is 2. The van der Waals surface area contributed by atoms with Gasteiger partial charge in [0.2, 0.25) is 5.91 Å². The van der Waals surface area contributed by atoms with E-state index in [4.69, 9.17) is 4.74 Å². The van der Waals surface area contributed by atoms with Gasteiger partial charge in [0.25, 0.3) is 0 Å². The Hall–Kier alpha value is -1.36. The van der Waals surface area contributed by atoms with Crippen LogP contribution < -0.4 is 0 Å². The van der Waals surface area contributed by atoms with Crippen LogP contribution in [0.4, 0.5) is 0 Å². The second kappa shape index (κ2) is 9.65. The summed E-state index contributed by atoms with van der Waals surface area (Å²) in [5.41, 5.74) is 0. The van der Waals surface area contributed by atoms with Gasteiger partial charge in [-0.15, -0.1) is 0 Å². The molecule has 0 rings (SSSR count). The van der Waals surface area contributed by atoms with E-state index >= 15 is 0 Å². The Balaban J connectivity index is 4.00. The molecule has 18 heavy (non-hydrogen) atoms. The lowest BCUT2D eigenvalue weighted by molar-refractivity contribution is -0.137. The van der Waals surface area contributed by atoms with Gasteiger partial charge in [-0.3, -0.25) is 9.69 Å². The summed E-state index contributed by atoms with van der Waals surface area (Å²) in [4.78, 5) is 26.5. The molecule has 5 heteroatoms.